The van der Waals surface area contributed by atoms with E-state index in [9.17, 15) is 49.7 Å². The lowest BCUT2D eigenvalue weighted by Crippen LogP contribution is -2.36. The number of benzene rings is 3. The molecule has 5 aromatic rings. The van der Waals surface area contributed by atoms with Crippen LogP contribution in [-0.4, -0.2) is 90.0 Å². The van der Waals surface area contributed by atoms with Gasteiger partial charge in [-0.25, -0.2) is 9.97 Å². The summed E-state index contributed by atoms with van der Waals surface area (Å²) in [5, 5.41) is 59.0. The normalized spacial score (nSPS) is 11.0. The largest absolute Gasteiger partial charge is 0.504 e. The fourth-order valence-electron chi connectivity index (χ4n) is 5.61. The molecule has 7 N–H and O–H groups in total. The molecule has 5 rings (SSSR count). The van der Waals surface area contributed by atoms with Crippen LogP contribution in [0.3, 0.4) is 0 Å². The summed E-state index contributed by atoms with van der Waals surface area (Å²) in [6, 6.07) is 17.6. The third-order valence-corrected chi connectivity index (χ3v) is 8.54. The topological polar surface area (TPSA) is 271 Å². The van der Waals surface area contributed by atoms with Crippen molar-refractivity contribution in [3.05, 3.63) is 106 Å². The first-order valence-electron chi connectivity index (χ1n) is 17.8. The molecule has 2 aromatic heterocycles. The maximum absolute atomic E-state index is 13.5. The van der Waals surface area contributed by atoms with Gasteiger partial charge in [0, 0.05) is 44.4 Å². The van der Waals surface area contributed by atoms with Crippen LogP contribution in [0.1, 0.15) is 64.4 Å². The number of nitrogens with zero attached hydrogens (tertiary/aromatic N) is 4. The summed E-state index contributed by atoms with van der Waals surface area (Å²) in [4.78, 5) is 72.5. The molecule has 0 radical (unpaired) electrons. The zero-order valence-electron chi connectivity index (χ0n) is 30.4. The van der Waals surface area contributed by atoms with E-state index >= 15 is 0 Å². The number of phenols is 4. The lowest BCUT2D eigenvalue weighted by molar-refractivity contribution is -0.402. The molecule has 2 heterocycles. The van der Waals surface area contributed by atoms with Crippen LogP contribution in [0.15, 0.2) is 77.2 Å². The number of nitro groups is 1. The van der Waals surface area contributed by atoms with Crippen LogP contribution < -0.4 is 16.0 Å². The molecule has 0 spiro atoms. The maximum Gasteiger partial charge on any atom is 0.433 e. The summed E-state index contributed by atoms with van der Waals surface area (Å²) in [7, 11) is 0. The fourth-order valence-corrected chi connectivity index (χ4v) is 5.61. The van der Waals surface area contributed by atoms with Gasteiger partial charge in [-0.15, -0.1) is 0 Å². The summed E-state index contributed by atoms with van der Waals surface area (Å²) in [5.74, 6) is -3.86. The summed E-state index contributed by atoms with van der Waals surface area (Å²) in [6.07, 6.45) is 3.75. The monoisotopic (exact) mass is 781 g/mol. The molecule has 296 valence electrons. The second kappa shape index (κ2) is 19.2. The highest BCUT2D eigenvalue weighted by molar-refractivity contribution is 6.01. The Kier molecular flexibility index (Phi) is 13.7. The van der Waals surface area contributed by atoms with Crippen molar-refractivity contribution in [2.24, 2.45) is 0 Å². The maximum atomic E-state index is 13.5. The van der Waals surface area contributed by atoms with E-state index in [2.05, 4.69) is 25.9 Å². The molecular weight excluding hydrogens is 742 g/mol. The summed E-state index contributed by atoms with van der Waals surface area (Å²) in [5.41, 5.74) is 0.311. The van der Waals surface area contributed by atoms with Gasteiger partial charge >= 0.3 is 5.88 Å². The van der Waals surface area contributed by atoms with Crippen molar-refractivity contribution >= 4 is 58.4 Å². The number of unbranched alkanes of at least 4 members (excludes halogenated alkanes) is 1. The summed E-state index contributed by atoms with van der Waals surface area (Å²) < 4.78 is 5.15. The zero-order valence-corrected chi connectivity index (χ0v) is 30.4. The zero-order chi connectivity index (χ0) is 40.9. The van der Waals surface area contributed by atoms with Gasteiger partial charge in [-0.1, -0.05) is 24.3 Å². The van der Waals surface area contributed by atoms with Crippen molar-refractivity contribution in [2.75, 3.05) is 31.5 Å². The highest BCUT2D eigenvalue weighted by Gasteiger charge is 2.19. The summed E-state index contributed by atoms with van der Waals surface area (Å²) in [6.45, 7) is 0.769. The SMILES string of the molecule is O=C(CCC(=O)N(CCCCNC(=O)c1cccc(O)c1O)CCCNC(=O)c1cccc(O)c1O)Nc1nc(C=Cc2ccc([N+](=O)[O-])o2)nc2ccccc12. The Morgan fingerprint density at radius 1 is 0.737 bits per heavy atom. The molecule has 3 aromatic carbocycles. The Morgan fingerprint density at radius 3 is 2.02 bits per heavy atom. The van der Waals surface area contributed by atoms with Crippen molar-refractivity contribution in [2.45, 2.75) is 32.1 Å². The van der Waals surface area contributed by atoms with Crippen molar-refractivity contribution in [1.82, 2.24) is 25.5 Å². The van der Waals surface area contributed by atoms with Crippen LogP contribution in [0, 0.1) is 10.1 Å². The Labute approximate surface area is 324 Å². The third-order valence-electron chi connectivity index (χ3n) is 8.54. The molecule has 0 aliphatic heterocycles. The van der Waals surface area contributed by atoms with Gasteiger partial charge < -0.3 is 45.7 Å². The van der Waals surface area contributed by atoms with Crippen LogP contribution in [0.25, 0.3) is 23.1 Å². The van der Waals surface area contributed by atoms with Gasteiger partial charge in [-0.2, -0.15) is 0 Å². The second-order valence-corrected chi connectivity index (χ2v) is 12.6. The van der Waals surface area contributed by atoms with Gasteiger partial charge in [-0.3, -0.25) is 29.3 Å². The Hall–Kier alpha value is -7.50. The lowest BCUT2D eigenvalue weighted by Gasteiger charge is -2.23. The average molecular weight is 782 g/mol. The first kappa shape index (κ1) is 40.7. The molecule has 0 aliphatic carbocycles. The average Bonchev–Trinajstić information content (AvgIpc) is 3.68. The molecule has 57 heavy (non-hydrogen) atoms. The Morgan fingerprint density at radius 2 is 1.37 bits per heavy atom. The minimum absolute atomic E-state index is 0.0870. The van der Waals surface area contributed by atoms with E-state index in [4.69, 9.17) is 4.42 Å². The molecular formula is C39H39N7O11. The number of anilines is 1. The number of hydrogen-bond acceptors (Lipinski definition) is 13. The van der Waals surface area contributed by atoms with Gasteiger partial charge in [0.2, 0.25) is 11.8 Å². The number of phenolic OH excluding ortho intramolecular Hbond substituents is 4. The van der Waals surface area contributed by atoms with E-state index in [-0.39, 0.29) is 73.5 Å². The number of carbonyl (C=O) groups is 4. The predicted molar refractivity (Wildman–Crippen MR) is 206 cm³/mol. The number of aromatic nitrogens is 2. The van der Waals surface area contributed by atoms with Gasteiger partial charge in [0.1, 0.15) is 16.5 Å². The molecule has 0 saturated carbocycles. The van der Waals surface area contributed by atoms with E-state index in [1.54, 1.807) is 24.3 Å². The van der Waals surface area contributed by atoms with Gasteiger partial charge in [0.05, 0.1) is 22.7 Å². The third kappa shape index (κ3) is 11.0. The molecule has 0 bridgehead atoms. The molecule has 0 saturated heterocycles. The minimum atomic E-state index is -0.661. The van der Waals surface area contributed by atoms with Crippen LogP contribution in [0.4, 0.5) is 11.7 Å². The molecule has 0 fully saturated rings. The molecule has 0 unspecified atom stereocenters. The predicted octanol–water partition coefficient (Wildman–Crippen LogP) is 4.70. The standard InChI is InChI=1S/C39H39N7O11/c47-29-12-5-9-26(35(29)51)38(53)40-20-3-4-22-45(23-7-21-41-39(54)27-10-6-13-30(48)36(27)52)33(50)18-17-32(49)44-37-25-8-1-2-11-28(25)42-31(43-37)16-14-24-15-19-34(57-24)46(55)56/h1-2,5-6,8-16,19,47-48,51-52H,3-4,7,17-18,20-23H2,(H,40,53)(H,41,54)(H,42,43,44,49). The Balaban J connectivity index is 1.19. The molecule has 18 nitrogen and oxygen atoms in total. The van der Waals surface area contributed by atoms with Gasteiger partial charge in [0.15, 0.2) is 28.8 Å². The quantitative estimate of drug-likeness (QED) is 0.0275. The number of carbonyl (C=O) groups excluding carboxylic acids is 4. The van der Waals surface area contributed by atoms with Gasteiger partial charge in [-0.05, 0) is 73.9 Å². The van der Waals surface area contributed by atoms with Crippen molar-refractivity contribution in [3.8, 4) is 23.0 Å². The lowest BCUT2D eigenvalue weighted by atomic mass is 10.1. The molecule has 4 amide bonds. The van der Waals surface area contributed by atoms with E-state index in [0.717, 1.165) is 0 Å². The van der Waals surface area contributed by atoms with Crippen LogP contribution in [0.2, 0.25) is 0 Å². The number of nitrogens with one attached hydrogen (secondary N) is 3. The van der Waals surface area contributed by atoms with Crippen LogP contribution >= 0.6 is 0 Å². The highest BCUT2D eigenvalue weighted by atomic mass is 16.6. The van der Waals surface area contributed by atoms with E-state index in [1.807, 2.05) is 0 Å². The number of amides is 4. The number of furan rings is 1. The van der Waals surface area contributed by atoms with Crippen molar-refractivity contribution in [1.29, 1.82) is 0 Å². The fraction of sp³-hybridized carbons (Fsp3) is 0.231. The number of para-hydroxylation sites is 3. The van der Waals surface area contributed by atoms with Crippen LogP contribution in [-0.2, 0) is 9.59 Å². The van der Waals surface area contributed by atoms with Crippen LogP contribution in [0.5, 0.6) is 23.0 Å². The molecule has 18 heteroatoms. The second-order valence-electron chi connectivity index (χ2n) is 12.6. The van der Waals surface area contributed by atoms with E-state index in [1.165, 1.54) is 65.6 Å². The van der Waals surface area contributed by atoms with Gasteiger partial charge in [0.25, 0.3) is 11.8 Å². The molecule has 0 atom stereocenters. The first-order valence-corrected chi connectivity index (χ1v) is 17.8. The Bertz CT molecular complexity index is 2310. The minimum Gasteiger partial charge on any atom is -0.504 e. The smallest absolute Gasteiger partial charge is 0.433 e. The van der Waals surface area contributed by atoms with E-state index < -0.39 is 51.5 Å². The number of hydrogen-bond donors (Lipinski definition) is 7. The van der Waals surface area contributed by atoms with E-state index in [0.29, 0.717) is 30.2 Å². The van der Waals surface area contributed by atoms with Crippen molar-refractivity contribution in [3.63, 3.8) is 0 Å². The first-order chi connectivity index (χ1) is 27.4. The molecule has 0 aliphatic rings. The number of fused-ring (bicyclic) bond motifs is 1. The van der Waals surface area contributed by atoms with Crippen molar-refractivity contribution < 1.29 is 48.9 Å². The highest BCUT2D eigenvalue weighted by Crippen LogP contribution is 2.29. The summed E-state index contributed by atoms with van der Waals surface area (Å²) >= 11 is 0. The number of aromatic hydroxyl groups is 4. The number of rotatable bonds is 18.